The molecule has 0 aromatic heterocycles. The molecule has 1 aromatic carbocycles. The average Bonchev–Trinajstić information content (AvgIpc) is 2.44. The lowest BCUT2D eigenvalue weighted by Crippen LogP contribution is -2.47. The number of nitrogens with one attached hydrogen (secondary N) is 1. The molecule has 6 heteroatoms. The second-order valence-electron chi connectivity index (χ2n) is 4.41. The Morgan fingerprint density at radius 2 is 2.16 bits per heavy atom. The van der Waals surface area contributed by atoms with E-state index in [1.165, 1.54) is 0 Å². The lowest BCUT2D eigenvalue weighted by molar-refractivity contribution is -0.135. The number of halogens is 2. The summed E-state index contributed by atoms with van der Waals surface area (Å²) in [5, 5.41) is 3.81. The maximum absolute atomic E-state index is 12.3. The summed E-state index contributed by atoms with van der Waals surface area (Å²) in [6.07, 6.45) is 0. The van der Waals surface area contributed by atoms with Crippen LogP contribution in [0.3, 0.4) is 0 Å². The molecule has 0 saturated carbocycles. The van der Waals surface area contributed by atoms with Gasteiger partial charge in [-0.1, -0.05) is 17.7 Å². The lowest BCUT2D eigenvalue weighted by Gasteiger charge is -2.30. The Morgan fingerprint density at radius 3 is 2.84 bits per heavy atom. The third-order valence-corrected chi connectivity index (χ3v) is 4.41. The van der Waals surface area contributed by atoms with Crippen molar-refractivity contribution < 1.29 is 9.53 Å². The van der Waals surface area contributed by atoms with Crippen LogP contribution in [-0.2, 0) is 9.53 Å². The summed E-state index contributed by atoms with van der Waals surface area (Å²) < 4.78 is 6.02. The molecule has 0 radical (unpaired) electrons. The van der Waals surface area contributed by atoms with Gasteiger partial charge in [0.25, 0.3) is 0 Å². The molecule has 1 atom stereocenters. The van der Waals surface area contributed by atoms with E-state index >= 15 is 0 Å². The van der Waals surface area contributed by atoms with E-state index in [0.717, 1.165) is 10.2 Å². The fourth-order valence-corrected chi connectivity index (χ4v) is 2.52. The summed E-state index contributed by atoms with van der Waals surface area (Å²) >= 11 is 9.44. The number of amides is 1. The first-order chi connectivity index (χ1) is 9.09. The van der Waals surface area contributed by atoms with Crippen molar-refractivity contribution in [1.29, 1.82) is 0 Å². The number of rotatable bonds is 3. The van der Waals surface area contributed by atoms with Gasteiger partial charge < -0.3 is 15.0 Å². The Kier molecular flexibility index (Phi) is 5.07. The molecular formula is C13H16BrClN2O2. The normalized spacial score (nSPS) is 17.1. The summed E-state index contributed by atoms with van der Waals surface area (Å²) in [6.45, 7) is 4.38. The summed E-state index contributed by atoms with van der Waals surface area (Å²) in [6, 6.07) is 5.24. The Balaban J connectivity index is 2.01. The minimum Gasteiger partial charge on any atom is -0.378 e. The first kappa shape index (κ1) is 14.6. The zero-order chi connectivity index (χ0) is 13.8. The fourth-order valence-electron chi connectivity index (χ4n) is 1.97. The van der Waals surface area contributed by atoms with Crippen molar-refractivity contribution in [1.82, 2.24) is 4.90 Å². The highest BCUT2D eigenvalue weighted by atomic mass is 79.9. The second-order valence-corrected chi connectivity index (χ2v) is 5.61. The predicted octanol–water partition coefficient (Wildman–Crippen LogP) is 2.76. The van der Waals surface area contributed by atoms with Gasteiger partial charge in [0.2, 0.25) is 5.91 Å². The van der Waals surface area contributed by atoms with Crippen molar-refractivity contribution in [3.05, 3.63) is 27.7 Å². The topological polar surface area (TPSA) is 41.6 Å². The molecule has 0 aliphatic carbocycles. The van der Waals surface area contributed by atoms with E-state index in [1.54, 1.807) is 6.07 Å². The number of ether oxygens (including phenoxy) is 1. The van der Waals surface area contributed by atoms with E-state index in [0.29, 0.717) is 31.3 Å². The quantitative estimate of drug-likeness (QED) is 0.914. The van der Waals surface area contributed by atoms with Crippen molar-refractivity contribution in [2.75, 3.05) is 31.6 Å². The van der Waals surface area contributed by atoms with E-state index in [9.17, 15) is 4.79 Å². The van der Waals surface area contributed by atoms with Gasteiger partial charge in [-0.25, -0.2) is 0 Å². The van der Waals surface area contributed by atoms with Crippen molar-refractivity contribution in [3.63, 3.8) is 0 Å². The van der Waals surface area contributed by atoms with Crippen LogP contribution in [0.2, 0.25) is 5.02 Å². The predicted molar refractivity (Wildman–Crippen MR) is 79.6 cm³/mol. The smallest absolute Gasteiger partial charge is 0.244 e. The van der Waals surface area contributed by atoms with Crippen LogP contribution < -0.4 is 5.32 Å². The average molecular weight is 348 g/mol. The number of hydrogen-bond donors (Lipinski definition) is 1. The largest absolute Gasteiger partial charge is 0.378 e. The highest BCUT2D eigenvalue weighted by Crippen LogP contribution is 2.30. The molecule has 1 amide bonds. The molecule has 19 heavy (non-hydrogen) atoms. The first-order valence-corrected chi connectivity index (χ1v) is 7.34. The molecular weight excluding hydrogens is 332 g/mol. The standard InChI is InChI=1S/C13H16BrClN2O2/c1-9(13(18)17-5-7-19-8-6-17)16-11-4-2-3-10(15)12(11)14/h2-4,9,16H,5-8H2,1H3. The van der Waals surface area contributed by atoms with Crippen molar-refractivity contribution in [2.45, 2.75) is 13.0 Å². The highest BCUT2D eigenvalue weighted by Gasteiger charge is 2.22. The van der Waals surface area contributed by atoms with Crippen molar-refractivity contribution >= 4 is 39.1 Å². The van der Waals surface area contributed by atoms with Crippen molar-refractivity contribution in [3.8, 4) is 0 Å². The van der Waals surface area contributed by atoms with Gasteiger partial charge in [-0.2, -0.15) is 0 Å². The fraction of sp³-hybridized carbons (Fsp3) is 0.462. The van der Waals surface area contributed by atoms with E-state index in [-0.39, 0.29) is 11.9 Å². The Hall–Kier alpha value is -0.780. The minimum atomic E-state index is -0.298. The van der Waals surface area contributed by atoms with Crippen LogP contribution in [0.25, 0.3) is 0 Å². The van der Waals surface area contributed by atoms with Crippen molar-refractivity contribution in [2.24, 2.45) is 0 Å². The van der Waals surface area contributed by atoms with Crippen LogP contribution in [0.1, 0.15) is 6.92 Å². The molecule has 1 heterocycles. The van der Waals surface area contributed by atoms with Gasteiger partial charge in [-0.3, -0.25) is 4.79 Å². The van der Waals surface area contributed by atoms with Crippen LogP contribution >= 0.6 is 27.5 Å². The maximum Gasteiger partial charge on any atom is 0.244 e. The van der Waals surface area contributed by atoms with E-state index < -0.39 is 0 Å². The molecule has 104 valence electrons. The summed E-state index contributed by atoms with van der Waals surface area (Å²) in [7, 11) is 0. The first-order valence-electron chi connectivity index (χ1n) is 6.16. The molecule has 1 N–H and O–H groups in total. The molecule has 4 nitrogen and oxygen atoms in total. The minimum absolute atomic E-state index is 0.0789. The number of benzene rings is 1. The van der Waals surface area contributed by atoms with E-state index in [1.807, 2.05) is 24.0 Å². The van der Waals surface area contributed by atoms with E-state index in [2.05, 4.69) is 21.2 Å². The Morgan fingerprint density at radius 1 is 1.47 bits per heavy atom. The summed E-state index contributed by atoms with van der Waals surface area (Å²) in [5.41, 5.74) is 0.821. The molecule has 1 saturated heterocycles. The summed E-state index contributed by atoms with van der Waals surface area (Å²) in [5.74, 6) is 0.0789. The Labute approximate surface area is 126 Å². The molecule has 1 unspecified atom stereocenters. The van der Waals surface area contributed by atoms with Gasteiger partial charge in [0, 0.05) is 13.1 Å². The van der Waals surface area contributed by atoms with Crippen LogP contribution in [0.15, 0.2) is 22.7 Å². The lowest BCUT2D eigenvalue weighted by atomic mass is 10.2. The van der Waals surface area contributed by atoms with Crippen LogP contribution in [0, 0.1) is 0 Å². The molecule has 2 rings (SSSR count). The van der Waals surface area contributed by atoms with Crippen LogP contribution in [-0.4, -0.2) is 43.2 Å². The van der Waals surface area contributed by atoms with Gasteiger partial charge in [-0.15, -0.1) is 0 Å². The molecule has 0 spiro atoms. The van der Waals surface area contributed by atoms with Gasteiger partial charge >= 0.3 is 0 Å². The van der Waals surface area contributed by atoms with Gasteiger partial charge in [0.05, 0.1) is 28.4 Å². The highest BCUT2D eigenvalue weighted by molar-refractivity contribution is 9.10. The van der Waals surface area contributed by atoms with Gasteiger partial charge in [0.1, 0.15) is 6.04 Å². The number of carbonyl (C=O) groups excluding carboxylic acids is 1. The van der Waals surface area contributed by atoms with Crippen LogP contribution in [0.4, 0.5) is 5.69 Å². The molecule has 1 aromatic rings. The van der Waals surface area contributed by atoms with E-state index in [4.69, 9.17) is 16.3 Å². The zero-order valence-corrected chi connectivity index (χ0v) is 13.0. The zero-order valence-electron chi connectivity index (χ0n) is 10.7. The van der Waals surface area contributed by atoms with Gasteiger partial charge in [0.15, 0.2) is 0 Å². The third kappa shape index (κ3) is 3.61. The number of nitrogens with zero attached hydrogens (tertiary/aromatic N) is 1. The molecule has 1 aliphatic rings. The molecule has 1 aliphatic heterocycles. The number of carbonyl (C=O) groups is 1. The number of hydrogen-bond acceptors (Lipinski definition) is 3. The van der Waals surface area contributed by atoms with Crippen LogP contribution in [0.5, 0.6) is 0 Å². The second kappa shape index (κ2) is 6.59. The van der Waals surface area contributed by atoms with Gasteiger partial charge in [-0.05, 0) is 35.0 Å². The maximum atomic E-state index is 12.3. The molecule has 1 fully saturated rings. The SMILES string of the molecule is CC(Nc1cccc(Cl)c1Br)C(=O)N1CCOCC1. The Bertz CT molecular complexity index is 464. The monoisotopic (exact) mass is 346 g/mol. The summed E-state index contributed by atoms with van der Waals surface area (Å²) in [4.78, 5) is 14.1. The molecule has 0 bridgehead atoms. The number of morpholine rings is 1. The third-order valence-electron chi connectivity index (χ3n) is 3.02. The number of anilines is 1.